The zero-order valence-corrected chi connectivity index (χ0v) is 16.0. The van der Waals surface area contributed by atoms with Gasteiger partial charge >= 0.3 is 6.03 Å². The van der Waals surface area contributed by atoms with Gasteiger partial charge in [0.15, 0.2) is 0 Å². The normalized spacial score (nSPS) is 17.8. The summed E-state index contributed by atoms with van der Waals surface area (Å²) >= 11 is 0. The van der Waals surface area contributed by atoms with Crippen molar-refractivity contribution in [3.05, 3.63) is 35.7 Å². The van der Waals surface area contributed by atoms with Crippen molar-refractivity contribution >= 4 is 11.9 Å². The molecule has 2 heterocycles. The van der Waals surface area contributed by atoms with Crippen LogP contribution in [0, 0.1) is 0 Å². The summed E-state index contributed by atoms with van der Waals surface area (Å²) in [4.78, 5) is 30.4. The molecule has 2 aliphatic rings. The Kier molecular flexibility index (Phi) is 5.27. The number of rotatable bonds is 4. The van der Waals surface area contributed by atoms with Gasteiger partial charge in [0.1, 0.15) is 0 Å². The van der Waals surface area contributed by atoms with Gasteiger partial charge < -0.3 is 20.1 Å². The highest BCUT2D eigenvalue weighted by atomic mass is 16.5. The first-order valence-corrected chi connectivity index (χ1v) is 9.85. The Morgan fingerprint density at radius 3 is 2.71 bits per heavy atom. The molecule has 1 aromatic heterocycles. The van der Waals surface area contributed by atoms with Gasteiger partial charge in [-0.2, -0.15) is 4.98 Å². The van der Waals surface area contributed by atoms with E-state index in [2.05, 4.69) is 20.8 Å². The molecule has 0 spiro atoms. The molecule has 1 aliphatic carbocycles. The molecule has 2 N–H and O–H groups in total. The maximum absolute atomic E-state index is 12.3. The third kappa shape index (κ3) is 3.85. The van der Waals surface area contributed by atoms with E-state index in [4.69, 9.17) is 4.52 Å². The Bertz CT molecular complexity index is 853. The van der Waals surface area contributed by atoms with Crippen LogP contribution in [0.1, 0.15) is 54.3 Å². The molecular weight excluding hydrogens is 358 g/mol. The fraction of sp³-hybridized carbons (Fsp3) is 0.500. The lowest BCUT2D eigenvalue weighted by Gasteiger charge is -2.38. The van der Waals surface area contributed by atoms with Crippen molar-refractivity contribution in [2.45, 2.75) is 44.1 Å². The second-order valence-corrected chi connectivity index (χ2v) is 7.50. The van der Waals surface area contributed by atoms with Crippen molar-refractivity contribution < 1.29 is 14.1 Å². The minimum atomic E-state index is -0.163. The quantitative estimate of drug-likeness (QED) is 0.845. The van der Waals surface area contributed by atoms with Gasteiger partial charge in [-0.3, -0.25) is 4.79 Å². The third-order valence-electron chi connectivity index (χ3n) is 5.50. The van der Waals surface area contributed by atoms with E-state index >= 15 is 0 Å². The fourth-order valence-corrected chi connectivity index (χ4v) is 3.78. The van der Waals surface area contributed by atoms with Gasteiger partial charge in [-0.05, 0) is 25.0 Å². The summed E-state index contributed by atoms with van der Waals surface area (Å²) < 4.78 is 5.41. The molecule has 4 rings (SSSR count). The number of likely N-dealkylation sites (tertiary alicyclic amines) is 1. The van der Waals surface area contributed by atoms with Crippen LogP contribution < -0.4 is 10.6 Å². The highest BCUT2D eigenvalue weighted by Gasteiger charge is 2.36. The summed E-state index contributed by atoms with van der Waals surface area (Å²) in [6, 6.07) is 7.41. The molecule has 1 saturated carbocycles. The van der Waals surface area contributed by atoms with Crippen LogP contribution in [-0.2, 0) is 0 Å². The molecule has 28 heavy (non-hydrogen) atoms. The van der Waals surface area contributed by atoms with Crippen LogP contribution in [0.3, 0.4) is 0 Å². The molecule has 8 heteroatoms. The number of carbonyl (C=O) groups excluding carboxylic acids is 2. The zero-order chi connectivity index (χ0) is 19.5. The van der Waals surface area contributed by atoms with Gasteiger partial charge in [-0.15, -0.1) is 0 Å². The van der Waals surface area contributed by atoms with Gasteiger partial charge in [0.25, 0.3) is 5.91 Å². The minimum absolute atomic E-state index is 0.00108. The number of hydrogen-bond donors (Lipinski definition) is 2. The number of amides is 3. The third-order valence-corrected chi connectivity index (χ3v) is 5.50. The number of nitrogens with one attached hydrogen (secondary N) is 2. The van der Waals surface area contributed by atoms with E-state index in [9.17, 15) is 9.59 Å². The average Bonchev–Trinajstić information content (AvgIpc) is 3.17. The number of aromatic nitrogens is 2. The SMILES string of the molecule is CNC(=O)c1cccc(-c2noc(C3CN(C(=O)NC4CCCCC4)C3)n2)c1. The molecule has 148 valence electrons. The number of carbonyl (C=O) groups is 2. The molecule has 0 bridgehead atoms. The Morgan fingerprint density at radius 2 is 1.96 bits per heavy atom. The van der Waals surface area contributed by atoms with Crippen molar-refractivity contribution in [2.75, 3.05) is 20.1 Å². The zero-order valence-electron chi connectivity index (χ0n) is 16.0. The van der Waals surface area contributed by atoms with E-state index in [0.29, 0.717) is 36.4 Å². The lowest BCUT2D eigenvalue weighted by Crippen LogP contribution is -2.54. The van der Waals surface area contributed by atoms with Gasteiger partial charge in [-0.25, -0.2) is 4.79 Å². The van der Waals surface area contributed by atoms with E-state index in [1.54, 1.807) is 30.1 Å². The van der Waals surface area contributed by atoms with Crippen molar-refractivity contribution in [3.8, 4) is 11.4 Å². The van der Waals surface area contributed by atoms with E-state index in [1.165, 1.54) is 19.3 Å². The number of urea groups is 1. The second-order valence-electron chi connectivity index (χ2n) is 7.50. The molecule has 8 nitrogen and oxygen atoms in total. The molecule has 2 aromatic rings. The molecular formula is C20H25N5O3. The Balaban J connectivity index is 1.34. The first-order chi connectivity index (χ1) is 13.6. The van der Waals surface area contributed by atoms with Crippen LogP contribution in [0.4, 0.5) is 4.79 Å². The van der Waals surface area contributed by atoms with Crippen molar-refractivity contribution in [3.63, 3.8) is 0 Å². The maximum Gasteiger partial charge on any atom is 0.317 e. The first kappa shape index (κ1) is 18.5. The van der Waals surface area contributed by atoms with E-state index < -0.39 is 0 Å². The molecule has 2 fully saturated rings. The smallest absolute Gasteiger partial charge is 0.317 e. The molecule has 0 atom stereocenters. The van der Waals surface area contributed by atoms with Gasteiger partial charge in [0.05, 0.1) is 5.92 Å². The minimum Gasteiger partial charge on any atom is -0.355 e. The van der Waals surface area contributed by atoms with Crippen LogP contribution in [0.2, 0.25) is 0 Å². The first-order valence-electron chi connectivity index (χ1n) is 9.85. The van der Waals surface area contributed by atoms with Crippen LogP contribution in [-0.4, -0.2) is 53.2 Å². The van der Waals surface area contributed by atoms with Crippen LogP contribution >= 0.6 is 0 Å². The molecule has 0 radical (unpaired) electrons. The Morgan fingerprint density at radius 1 is 1.18 bits per heavy atom. The predicted molar refractivity (Wildman–Crippen MR) is 103 cm³/mol. The second kappa shape index (κ2) is 8.00. The van der Waals surface area contributed by atoms with Gasteiger partial charge in [0, 0.05) is 37.3 Å². The largest absolute Gasteiger partial charge is 0.355 e. The van der Waals surface area contributed by atoms with E-state index in [1.807, 2.05) is 6.07 Å². The summed E-state index contributed by atoms with van der Waals surface area (Å²) in [5.41, 5.74) is 1.27. The molecule has 0 unspecified atom stereocenters. The summed E-state index contributed by atoms with van der Waals surface area (Å²) in [7, 11) is 1.59. The van der Waals surface area contributed by atoms with Gasteiger partial charge in [0.2, 0.25) is 11.7 Å². The Labute approximate surface area is 163 Å². The molecule has 1 saturated heterocycles. The van der Waals surface area contributed by atoms with Crippen LogP contribution in [0.5, 0.6) is 0 Å². The van der Waals surface area contributed by atoms with Crippen LogP contribution in [0.25, 0.3) is 11.4 Å². The van der Waals surface area contributed by atoms with Gasteiger partial charge in [-0.1, -0.05) is 36.6 Å². The fourth-order valence-electron chi connectivity index (χ4n) is 3.78. The predicted octanol–water partition coefficient (Wildman–Crippen LogP) is 2.54. The number of hydrogen-bond acceptors (Lipinski definition) is 5. The molecule has 1 aliphatic heterocycles. The average molecular weight is 383 g/mol. The van der Waals surface area contributed by atoms with E-state index in [-0.39, 0.29) is 17.9 Å². The van der Waals surface area contributed by atoms with E-state index in [0.717, 1.165) is 18.4 Å². The number of nitrogens with zero attached hydrogens (tertiary/aromatic N) is 3. The number of benzene rings is 1. The monoisotopic (exact) mass is 383 g/mol. The topological polar surface area (TPSA) is 100 Å². The Hall–Kier alpha value is -2.90. The summed E-state index contributed by atoms with van der Waals surface area (Å²) in [5.74, 6) is 0.873. The molecule has 3 amide bonds. The molecule has 1 aromatic carbocycles. The van der Waals surface area contributed by atoms with Crippen molar-refractivity contribution in [2.24, 2.45) is 0 Å². The summed E-state index contributed by atoms with van der Waals surface area (Å²) in [5, 5.41) is 9.77. The van der Waals surface area contributed by atoms with Crippen molar-refractivity contribution in [1.29, 1.82) is 0 Å². The summed E-state index contributed by atoms with van der Waals surface area (Å²) in [6.45, 7) is 1.16. The van der Waals surface area contributed by atoms with Crippen molar-refractivity contribution in [1.82, 2.24) is 25.7 Å². The standard InChI is InChI=1S/C20H25N5O3/c1-21-18(26)14-7-5-6-13(10-14)17-23-19(28-24-17)15-11-25(12-15)20(27)22-16-8-3-2-4-9-16/h5-7,10,15-16H,2-4,8-9,11-12H2,1H3,(H,21,26)(H,22,27). The maximum atomic E-state index is 12.3. The summed E-state index contributed by atoms with van der Waals surface area (Å²) in [6.07, 6.45) is 5.80. The highest BCUT2D eigenvalue weighted by molar-refractivity contribution is 5.95. The highest BCUT2D eigenvalue weighted by Crippen LogP contribution is 2.28. The van der Waals surface area contributed by atoms with Crippen LogP contribution in [0.15, 0.2) is 28.8 Å². The lowest BCUT2D eigenvalue weighted by atomic mass is 9.95. The lowest BCUT2D eigenvalue weighted by molar-refractivity contribution is 0.0963.